The maximum Gasteiger partial charge on any atom is 0.343 e. The lowest BCUT2D eigenvalue weighted by Crippen LogP contribution is -2.40. The predicted molar refractivity (Wildman–Crippen MR) is 187 cm³/mol. The van der Waals surface area contributed by atoms with Gasteiger partial charge in [0.2, 0.25) is 0 Å². The summed E-state index contributed by atoms with van der Waals surface area (Å²) in [7, 11) is 1.46. The lowest BCUT2D eigenvalue weighted by Gasteiger charge is -2.20. The van der Waals surface area contributed by atoms with E-state index in [2.05, 4.69) is 17.6 Å². The number of anilines is 1. The number of ether oxygens (including phenoxy) is 3. The number of benzene rings is 4. The monoisotopic (exact) mass is 668 g/mol. The predicted octanol–water partition coefficient (Wildman–Crippen LogP) is 6.86. The van der Waals surface area contributed by atoms with Crippen molar-refractivity contribution in [1.82, 2.24) is 5.32 Å². The molecule has 0 aromatic heterocycles. The number of esters is 1. The van der Waals surface area contributed by atoms with Crippen LogP contribution >= 0.6 is 0 Å². The van der Waals surface area contributed by atoms with Crippen LogP contribution in [0.25, 0.3) is 0 Å². The summed E-state index contributed by atoms with van der Waals surface area (Å²) in [6.07, 6.45) is 3.75. The summed E-state index contributed by atoms with van der Waals surface area (Å²) >= 11 is 0. The van der Waals surface area contributed by atoms with Gasteiger partial charge >= 0.3 is 11.9 Å². The Balaban J connectivity index is 1.26. The van der Waals surface area contributed by atoms with Crippen molar-refractivity contribution < 1.29 is 38.8 Å². The molecule has 0 aliphatic carbocycles. The first-order chi connectivity index (χ1) is 23.8. The number of unbranched alkanes of at least 4 members (excludes halogenated alkanes) is 4. The van der Waals surface area contributed by atoms with Crippen LogP contribution < -0.4 is 20.1 Å². The zero-order chi connectivity index (χ0) is 35.0. The van der Waals surface area contributed by atoms with Gasteiger partial charge in [-0.3, -0.25) is 14.9 Å². The van der Waals surface area contributed by atoms with Gasteiger partial charge in [0.1, 0.15) is 23.8 Å². The SMILES string of the molecule is CCCCCCCOc1ccc(C(=O)Oc2ccc(C[C@H](NC(O)c3ccc(NC(=O)[C@H](OC)c4ccccc4)cc3)C(=O)O)cc2)cc1. The molecule has 0 aliphatic heterocycles. The number of aliphatic hydroxyl groups is 1. The third-order valence-electron chi connectivity index (χ3n) is 7.91. The second kappa shape index (κ2) is 19.1. The minimum Gasteiger partial charge on any atom is -0.494 e. The molecule has 258 valence electrons. The molecule has 4 N–H and O–H groups in total. The highest BCUT2D eigenvalue weighted by Crippen LogP contribution is 2.22. The number of carbonyl (C=O) groups excluding carboxylic acids is 2. The van der Waals surface area contributed by atoms with Gasteiger partial charge < -0.3 is 29.7 Å². The average molecular weight is 669 g/mol. The Kier molecular flexibility index (Phi) is 14.3. The highest BCUT2D eigenvalue weighted by molar-refractivity contribution is 5.95. The molecule has 4 aromatic carbocycles. The summed E-state index contributed by atoms with van der Waals surface area (Å²) in [5.41, 5.74) is 2.66. The lowest BCUT2D eigenvalue weighted by atomic mass is 10.0. The minimum atomic E-state index is -1.29. The quantitative estimate of drug-likeness (QED) is 0.0365. The van der Waals surface area contributed by atoms with Crippen LogP contribution in [-0.2, 0) is 20.7 Å². The number of carbonyl (C=O) groups is 3. The summed E-state index contributed by atoms with van der Waals surface area (Å²) in [4.78, 5) is 37.5. The number of carboxylic acids is 1. The van der Waals surface area contributed by atoms with Gasteiger partial charge in [0, 0.05) is 12.8 Å². The molecule has 3 atom stereocenters. The smallest absolute Gasteiger partial charge is 0.343 e. The van der Waals surface area contributed by atoms with E-state index in [1.807, 2.05) is 18.2 Å². The van der Waals surface area contributed by atoms with Crippen LogP contribution in [0.2, 0.25) is 0 Å². The van der Waals surface area contributed by atoms with Gasteiger partial charge in [0.15, 0.2) is 6.10 Å². The maximum atomic E-state index is 12.8. The molecule has 10 nitrogen and oxygen atoms in total. The summed E-state index contributed by atoms with van der Waals surface area (Å²) in [6.45, 7) is 2.82. The van der Waals surface area contributed by atoms with Gasteiger partial charge in [-0.05, 0) is 78.1 Å². The maximum absolute atomic E-state index is 12.8. The highest BCUT2D eigenvalue weighted by atomic mass is 16.5. The molecule has 0 fully saturated rings. The van der Waals surface area contributed by atoms with Crippen molar-refractivity contribution >= 4 is 23.5 Å². The van der Waals surface area contributed by atoms with Gasteiger partial charge in [0.05, 0.1) is 12.2 Å². The number of rotatable bonds is 19. The number of amides is 1. The molecule has 0 bridgehead atoms. The lowest BCUT2D eigenvalue weighted by molar-refractivity contribution is -0.140. The van der Waals surface area contributed by atoms with Crippen LogP contribution in [0.5, 0.6) is 11.5 Å². The van der Waals surface area contributed by atoms with Crippen LogP contribution in [-0.4, -0.2) is 47.8 Å². The number of aliphatic carboxylic acids is 1. The Labute approximate surface area is 287 Å². The van der Waals surface area contributed by atoms with Gasteiger partial charge in [-0.1, -0.05) is 87.2 Å². The zero-order valence-electron chi connectivity index (χ0n) is 27.8. The molecule has 1 unspecified atom stereocenters. The summed E-state index contributed by atoms with van der Waals surface area (Å²) in [6, 6.07) is 27.7. The third kappa shape index (κ3) is 11.6. The van der Waals surface area contributed by atoms with E-state index in [-0.39, 0.29) is 12.3 Å². The van der Waals surface area contributed by atoms with Crippen LogP contribution in [0.1, 0.15) is 78.4 Å². The van der Waals surface area contributed by atoms with Gasteiger partial charge in [-0.15, -0.1) is 0 Å². The normalized spacial score (nSPS) is 12.8. The molecule has 4 aromatic rings. The van der Waals surface area contributed by atoms with E-state index in [0.29, 0.717) is 46.0 Å². The first-order valence-corrected chi connectivity index (χ1v) is 16.5. The molecule has 49 heavy (non-hydrogen) atoms. The second-order valence-corrected chi connectivity index (χ2v) is 11.6. The van der Waals surface area contributed by atoms with Crippen molar-refractivity contribution in [3.8, 4) is 11.5 Å². The van der Waals surface area contributed by atoms with Gasteiger partial charge in [-0.2, -0.15) is 0 Å². The number of methoxy groups -OCH3 is 1. The van der Waals surface area contributed by atoms with Crippen LogP contribution in [0, 0.1) is 0 Å². The topological polar surface area (TPSA) is 143 Å². The Hall–Kier alpha value is -5.03. The summed E-state index contributed by atoms with van der Waals surface area (Å²) in [5, 5.41) is 26.1. The Bertz CT molecular complexity index is 1610. The molecule has 10 heteroatoms. The van der Waals surface area contributed by atoms with E-state index < -0.39 is 30.3 Å². The molecule has 1 amide bonds. The molecular weight excluding hydrogens is 624 g/mol. The molecule has 4 rings (SSSR count). The minimum absolute atomic E-state index is 0.0622. The highest BCUT2D eigenvalue weighted by Gasteiger charge is 2.23. The number of carboxylic acid groups (broad SMARTS) is 1. The fourth-order valence-corrected chi connectivity index (χ4v) is 5.16. The van der Waals surface area contributed by atoms with Crippen LogP contribution in [0.3, 0.4) is 0 Å². The molecule has 0 saturated carbocycles. The zero-order valence-corrected chi connectivity index (χ0v) is 27.8. The van der Waals surface area contributed by atoms with Crippen molar-refractivity contribution in [2.24, 2.45) is 0 Å². The number of aliphatic hydroxyl groups excluding tert-OH is 1. The Morgan fingerprint density at radius 1 is 0.755 bits per heavy atom. The second-order valence-electron chi connectivity index (χ2n) is 11.6. The van der Waals surface area contributed by atoms with Crippen molar-refractivity contribution in [2.75, 3.05) is 19.0 Å². The summed E-state index contributed by atoms with van der Waals surface area (Å²) in [5.74, 6) is -1.01. The molecule has 0 aliphatic rings. The number of nitrogens with one attached hydrogen (secondary N) is 2. The van der Waals surface area contributed by atoms with Crippen molar-refractivity contribution in [3.63, 3.8) is 0 Å². The van der Waals surface area contributed by atoms with E-state index in [1.54, 1.807) is 84.9 Å². The molecular formula is C39H44N2O8. The average Bonchev–Trinajstić information content (AvgIpc) is 3.11. The largest absolute Gasteiger partial charge is 0.494 e. The van der Waals surface area contributed by atoms with E-state index >= 15 is 0 Å². The van der Waals surface area contributed by atoms with Crippen molar-refractivity contribution in [2.45, 2.75) is 63.8 Å². The molecule has 0 radical (unpaired) electrons. The molecule has 0 saturated heterocycles. The Morgan fingerprint density at radius 2 is 1.41 bits per heavy atom. The van der Waals surface area contributed by atoms with Crippen LogP contribution in [0.15, 0.2) is 103 Å². The van der Waals surface area contributed by atoms with E-state index in [0.717, 1.165) is 12.8 Å². The number of hydrogen-bond acceptors (Lipinski definition) is 8. The van der Waals surface area contributed by atoms with E-state index in [4.69, 9.17) is 14.2 Å². The first kappa shape index (κ1) is 36.8. The molecule has 0 heterocycles. The number of hydrogen-bond donors (Lipinski definition) is 4. The van der Waals surface area contributed by atoms with E-state index in [1.165, 1.54) is 26.4 Å². The first-order valence-electron chi connectivity index (χ1n) is 16.5. The van der Waals surface area contributed by atoms with Crippen LogP contribution in [0.4, 0.5) is 5.69 Å². The van der Waals surface area contributed by atoms with Crippen molar-refractivity contribution in [1.29, 1.82) is 0 Å². The standard InChI is InChI=1S/C39H44N2O8/c1-3-4-5-6-10-25-48-32-23-17-30(18-24-32)39(46)49-33-21-13-27(14-22-33)26-34(38(44)45)41-36(42)29-15-19-31(20-16-29)40-37(43)35(47-2)28-11-8-7-9-12-28/h7-9,11-24,34-36,41-42H,3-6,10,25-26H2,1-2H3,(H,40,43)(H,44,45)/t34-,35+,36?/m0/s1. The van der Waals surface area contributed by atoms with Gasteiger partial charge in [-0.25, -0.2) is 4.79 Å². The fourth-order valence-electron chi connectivity index (χ4n) is 5.16. The van der Waals surface area contributed by atoms with Gasteiger partial charge in [0.25, 0.3) is 5.91 Å². The van der Waals surface area contributed by atoms with E-state index in [9.17, 15) is 24.6 Å². The molecule has 0 spiro atoms. The van der Waals surface area contributed by atoms with Crippen molar-refractivity contribution in [3.05, 3.63) is 125 Å². The summed E-state index contributed by atoms with van der Waals surface area (Å²) < 4.78 is 16.6. The Morgan fingerprint density at radius 3 is 2.04 bits per heavy atom. The third-order valence-corrected chi connectivity index (χ3v) is 7.91. The fraction of sp³-hybridized carbons (Fsp3) is 0.308.